The van der Waals surface area contributed by atoms with Crippen molar-refractivity contribution in [2.75, 3.05) is 19.6 Å². The number of hydrogen-bond donors (Lipinski definition) is 1. The second kappa shape index (κ2) is 11.6. The Morgan fingerprint density at radius 3 is 2.42 bits per heavy atom. The van der Waals surface area contributed by atoms with E-state index in [2.05, 4.69) is 38.0 Å². The first-order valence-electron chi connectivity index (χ1n) is 11.7. The smallest absolute Gasteiger partial charge is 0.252 e. The minimum absolute atomic E-state index is 0.117. The number of nitrogens with zero attached hydrogens (tertiary/aromatic N) is 4. The molecule has 2 amide bonds. The Bertz CT molecular complexity index is 1050. The molecule has 7 heteroatoms. The highest BCUT2D eigenvalue weighted by atomic mass is 16.2. The van der Waals surface area contributed by atoms with Crippen LogP contribution in [0, 0.1) is 11.8 Å². The summed E-state index contributed by atoms with van der Waals surface area (Å²) < 4.78 is 2.04. The quantitative estimate of drug-likeness (QED) is 0.450. The van der Waals surface area contributed by atoms with Crippen LogP contribution in [-0.2, 0) is 17.8 Å². The van der Waals surface area contributed by atoms with Gasteiger partial charge in [-0.2, -0.15) is 0 Å². The number of carbonyl (C=O) groups is 2. The third-order valence-electron chi connectivity index (χ3n) is 5.34. The summed E-state index contributed by atoms with van der Waals surface area (Å²) in [6.07, 6.45) is 4.60. The van der Waals surface area contributed by atoms with Crippen LogP contribution in [-0.4, -0.2) is 50.9 Å². The molecule has 0 unspecified atom stereocenters. The molecule has 0 spiro atoms. The molecule has 0 fully saturated rings. The molecule has 3 rings (SSSR count). The zero-order valence-corrected chi connectivity index (χ0v) is 20.1. The molecule has 2 heterocycles. The van der Waals surface area contributed by atoms with Crippen molar-refractivity contribution in [3.05, 3.63) is 60.2 Å². The topological polar surface area (TPSA) is 80.1 Å². The number of imidazole rings is 1. The van der Waals surface area contributed by atoms with Crippen LogP contribution in [0.3, 0.4) is 0 Å². The number of benzene rings is 1. The van der Waals surface area contributed by atoms with E-state index in [1.54, 1.807) is 24.5 Å². The van der Waals surface area contributed by atoms with Crippen LogP contribution >= 0.6 is 0 Å². The van der Waals surface area contributed by atoms with E-state index in [4.69, 9.17) is 4.98 Å². The summed E-state index contributed by atoms with van der Waals surface area (Å²) in [6, 6.07) is 11.4. The van der Waals surface area contributed by atoms with Gasteiger partial charge < -0.3 is 14.8 Å². The number of carbonyl (C=O) groups excluding carboxylic acids is 2. The first-order valence-corrected chi connectivity index (χ1v) is 11.7. The van der Waals surface area contributed by atoms with E-state index in [0.717, 1.165) is 36.4 Å². The second-order valence-corrected chi connectivity index (χ2v) is 9.29. The summed E-state index contributed by atoms with van der Waals surface area (Å²) in [4.78, 5) is 36.3. The average Bonchev–Trinajstić information content (AvgIpc) is 3.13. The summed E-state index contributed by atoms with van der Waals surface area (Å²) in [5, 5.41) is 2.93. The first-order chi connectivity index (χ1) is 15.8. The number of para-hydroxylation sites is 2. The SMILES string of the molecule is CC(C)CN(CC(C)C)C(=O)Cn1c(CCCNC(=O)c2cccnc2)nc2ccccc21. The van der Waals surface area contributed by atoms with Crippen LogP contribution in [0.5, 0.6) is 0 Å². The van der Waals surface area contributed by atoms with Gasteiger partial charge in [0.1, 0.15) is 12.4 Å². The van der Waals surface area contributed by atoms with Gasteiger partial charge in [-0.1, -0.05) is 39.8 Å². The first kappa shape index (κ1) is 24.4. The van der Waals surface area contributed by atoms with Gasteiger partial charge >= 0.3 is 0 Å². The molecule has 0 saturated carbocycles. The lowest BCUT2D eigenvalue weighted by atomic mass is 10.1. The summed E-state index contributed by atoms with van der Waals surface area (Å²) in [5.74, 6) is 1.68. The number of amides is 2. The molecular weight excluding hydrogens is 414 g/mol. The maximum atomic E-state index is 13.3. The summed E-state index contributed by atoms with van der Waals surface area (Å²) >= 11 is 0. The van der Waals surface area contributed by atoms with Gasteiger partial charge in [0.05, 0.1) is 16.6 Å². The van der Waals surface area contributed by atoms with Gasteiger partial charge in [0, 0.05) is 38.4 Å². The van der Waals surface area contributed by atoms with E-state index in [0.29, 0.717) is 30.4 Å². The molecule has 33 heavy (non-hydrogen) atoms. The highest BCUT2D eigenvalue weighted by molar-refractivity contribution is 5.93. The number of nitrogens with one attached hydrogen (secondary N) is 1. The van der Waals surface area contributed by atoms with E-state index in [1.165, 1.54) is 0 Å². The predicted molar refractivity (Wildman–Crippen MR) is 131 cm³/mol. The molecule has 0 atom stereocenters. The fourth-order valence-corrected chi connectivity index (χ4v) is 3.94. The van der Waals surface area contributed by atoms with Gasteiger partial charge in [-0.3, -0.25) is 14.6 Å². The Labute approximate surface area is 196 Å². The number of aromatic nitrogens is 3. The minimum atomic E-state index is -0.134. The third-order valence-corrected chi connectivity index (χ3v) is 5.34. The number of fused-ring (bicyclic) bond motifs is 1. The highest BCUT2D eigenvalue weighted by Gasteiger charge is 2.20. The van der Waals surface area contributed by atoms with Crippen LogP contribution in [0.25, 0.3) is 11.0 Å². The van der Waals surface area contributed by atoms with Crippen molar-refractivity contribution >= 4 is 22.8 Å². The van der Waals surface area contributed by atoms with E-state index in [-0.39, 0.29) is 18.4 Å². The fourth-order valence-electron chi connectivity index (χ4n) is 3.94. The molecule has 7 nitrogen and oxygen atoms in total. The number of aryl methyl sites for hydroxylation is 1. The summed E-state index contributed by atoms with van der Waals surface area (Å²) in [7, 11) is 0. The van der Waals surface area contributed by atoms with Crippen LogP contribution < -0.4 is 5.32 Å². The van der Waals surface area contributed by atoms with E-state index >= 15 is 0 Å². The summed E-state index contributed by atoms with van der Waals surface area (Å²) in [6.45, 7) is 10.8. The molecular formula is C26H35N5O2. The van der Waals surface area contributed by atoms with Crippen molar-refractivity contribution in [2.24, 2.45) is 11.8 Å². The second-order valence-electron chi connectivity index (χ2n) is 9.29. The molecule has 0 aliphatic rings. The number of rotatable bonds is 11. The Balaban J connectivity index is 1.69. The minimum Gasteiger partial charge on any atom is -0.352 e. The molecule has 1 N–H and O–H groups in total. The fraction of sp³-hybridized carbons (Fsp3) is 0.462. The molecule has 0 radical (unpaired) electrons. The molecule has 0 aliphatic carbocycles. The van der Waals surface area contributed by atoms with Crippen molar-refractivity contribution in [2.45, 2.75) is 47.1 Å². The highest BCUT2D eigenvalue weighted by Crippen LogP contribution is 2.18. The maximum absolute atomic E-state index is 13.3. The van der Waals surface area contributed by atoms with Crippen LogP contribution in [0.15, 0.2) is 48.8 Å². The van der Waals surface area contributed by atoms with Gasteiger partial charge in [0.15, 0.2) is 0 Å². The van der Waals surface area contributed by atoms with Crippen molar-refractivity contribution in [3.63, 3.8) is 0 Å². The van der Waals surface area contributed by atoms with Gasteiger partial charge in [-0.25, -0.2) is 4.98 Å². The molecule has 176 valence electrons. The molecule has 0 bridgehead atoms. The van der Waals surface area contributed by atoms with Crippen LogP contribution in [0.2, 0.25) is 0 Å². The van der Waals surface area contributed by atoms with Gasteiger partial charge in [0.25, 0.3) is 5.91 Å². The Morgan fingerprint density at radius 1 is 1.03 bits per heavy atom. The van der Waals surface area contributed by atoms with Gasteiger partial charge in [-0.15, -0.1) is 0 Å². The van der Waals surface area contributed by atoms with Crippen LogP contribution in [0.4, 0.5) is 0 Å². The van der Waals surface area contributed by atoms with E-state index in [9.17, 15) is 9.59 Å². The van der Waals surface area contributed by atoms with Crippen LogP contribution in [0.1, 0.15) is 50.3 Å². The standard InChI is InChI=1S/C26H35N5O2/c1-19(2)16-30(17-20(3)4)25(32)18-31-23-11-6-5-10-22(23)29-24(31)12-8-14-28-26(33)21-9-7-13-27-15-21/h5-7,9-11,13,15,19-20H,8,12,14,16-18H2,1-4H3,(H,28,33). The van der Waals surface area contributed by atoms with E-state index < -0.39 is 0 Å². The third kappa shape index (κ3) is 6.88. The molecule has 3 aromatic rings. The average molecular weight is 450 g/mol. The normalized spacial score (nSPS) is 11.3. The Kier molecular flexibility index (Phi) is 8.58. The van der Waals surface area contributed by atoms with Crippen molar-refractivity contribution in [1.29, 1.82) is 0 Å². The van der Waals surface area contributed by atoms with Crippen molar-refractivity contribution in [1.82, 2.24) is 24.8 Å². The Hall–Kier alpha value is -3.22. The van der Waals surface area contributed by atoms with Gasteiger partial charge in [-0.05, 0) is 42.5 Å². The zero-order chi connectivity index (χ0) is 23.8. The Morgan fingerprint density at radius 2 is 1.76 bits per heavy atom. The lowest BCUT2D eigenvalue weighted by Crippen LogP contribution is -2.39. The van der Waals surface area contributed by atoms with Crippen molar-refractivity contribution in [3.8, 4) is 0 Å². The predicted octanol–water partition coefficient (Wildman–Crippen LogP) is 3.93. The lowest BCUT2D eigenvalue weighted by Gasteiger charge is -2.27. The molecule has 1 aromatic carbocycles. The number of hydrogen-bond acceptors (Lipinski definition) is 4. The summed E-state index contributed by atoms with van der Waals surface area (Å²) in [5.41, 5.74) is 2.40. The largest absolute Gasteiger partial charge is 0.352 e. The zero-order valence-electron chi connectivity index (χ0n) is 20.1. The molecule has 2 aromatic heterocycles. The monoisotopic (exact) mass is 449 g/mol. The lowest BCUT2D eigenvalue weighted by molar-refractivity contribution is -0.132. The van der Waals surface area contributed by atoms with Crippen molar-refractivity contribution < 1.29 is 9.59 Å². The maximum Gasteiger partial charge on any atom is 0.252 e. The molecule has 0 aliphatic heterocycles. The van der Waals surface area contributed by atoms with E-state index in [1.807, 2.05) is 33.7 Å². The van der Waals surface area contributed by atoms with Gasteiger partial charge in [0.2, 0.25) is 5.91 Å². The molecule has 0 saturated heterocycles. The number of pyridine rings is 1.